The summed E-state index contributed by atoms with van der Waals surface area (Å²) in [5.74, 6) is -2.51. The highest BCUT2D eigenvalue weighted by molar-refractivity contribution is 6.04. The first-order chi connectivity index (χ1) is 21.7. The van der Waals surface area contributed by atoms with Crippen LogP contribution in [-0.2, 0) is 0 Å². The molecule has 12 nitrogen and oxygen atoms in total. The molecule has 0 unspecified atom stereocenters. The number of nitrogens with one attached hydrogen (secondary N) is 1. The third-order valence-electron chi connectivity index (χ3n) is 7.17. The molecule has 0 saturated heterocycles. The van der Waals surface area contributed by atoms with E-state index in [2.05, 4.69) is 25.3 Å². The molecule has 0 atom stereocenters. The summed E-state index contributed by atoms with van der Waals surface area (Å²) in [4.78, 5) is 44.0. The van der Waals surface area contributed by atoms with Crippen LogP contribution in [0.1, 0.15) is 40.5 Å². The Labute approximate surface area is 254 Å². The largest absolute Gasteiger partial charge is 0.491 e. The first kappa shape index (κ1) is 29.4. The molecular weight excluding hydrogens is 590 g/mol. The number of carbonyl (C=O) groups excluding carboxylic acids is 1. The molecule has 0 radical (unpaired) electrons. The summed E-state index contributed by atoms with van der Waals surface area (Å²) in [6, 6.07) is 6.35. The lowest BCUT2D eigenvalue weighted by molar-refractivity contribution is 0.102. The summed E-state index contributed by atoms with van der Waals surface area (Å²) >= 11 is 0. The monoisotopic (exact) mass is 616 g/mol. The smallest absolute Gasteiger partial charge is 0.271 e. The van der Waals surface area contributed by atoms with Crippen LogP contribution in [0.15, 0.2) is 53.7 Å². The van der Waals surface area contributed by atoms with Gasteiger partial charge in [-0.3, -0.25) is 19.1 Å². The van der Waals surface area contributed by atoms with Gasteiger partial charge in [0.25, 0.3) is 17.3 Å². The number of hydrogen-bond acceptors (Lipinski definition) is 10. The molecule has 0 spiro atoms. The number of rotatable bonds is 9. The fourth-order valence-electron chi connectivity index (χ4n) is 4.78. The van der Waals surface area contributed by atoms with Crippen molar-refractivity contribution in [1.29, 1.82) is 0 Å². The summed E-state index contributed by atoms with van der Waals surface area (Å²) in [5.41, 5.74) is 0.414. The van der Waals surface area contributed by atoms with Crippen LogP contribution in [0.5, 0.6) is 29.0 Å². The van der Waals surface area contributed by atoms with E-state index in [1.54, 1.807) is 19.1 Å². The van der Waals surface area contributed by atoms with Gasteiger partial charge in [-0.1, -0.05) is 0 Å². The molecule has 230 valence electrons. The molecule has 0 aliphatic heterocycles. The minimum atomic E-state index is -1.12. The number of ether oxygens (including phenoxy) is 4. The van der Waals surface area contributed by atoms with Gasteiger partial charge in [-0.05, 0) is 25.3 Å². The molecule has 4 heterocycles. The Kier molecular flexibility index (Phi) is 7.71. The topological polar surface area (TPSA) is 140 Å². The summed E-state index contributed by atoms with van der Waals surface area (Å²) in [6.45, 7) is 1.78. The third-order valence-corrected chi connectivity index (χ3v) is 7.17. The molecule has 1 aliphatic rings. The van der Waals surface area contributed by atoms with Crippen LogP contribution in [0.2, 0.25) is 0 Å². The summed E-state index contributed by atoms with van der Waals surface area (Å²) in [5, 5.41) is 2.39. The number of aromatic nitrogens is 5. The number of halogens is 2. The van der Waals surface area contributed by atoms with E-state index in [0.29, 0.717) is 34.2 Å². The van der Waals surface area contributed by atoms with E-state index in [0.717, 1.165) is 25.0 Å². The maximum Gasteiger partial charge on any atom is 0.271 e. The lowest BCUT2D eigenvalue weighted by Crippen LogP contribution is -2.31. The van der Waals surface area contributed by atoms with Crippen molar-refractivity contribution in [3.05, 3.63) is 87.9 Å². The standard InChI is InChI=1S/C31H26F2N6O6/c1-15-9-25(43-3)35-14-22(15)39-28(16-5-6-16)36-13-18(31(39)41)29(40)37-17-10-19(32)27(20(33)11-17)45-23-7-8-34-21-12-24(42-2)30(44-4)38-26(21)23/h7-14,16H,5-6H2,1-4H3,(H,37,40). The van der Waals surface area contributed by atoms with Gasteiger partial charge in [0.05, 0.1) is 38.7 Å². The lowest BCUT2D eigenvalue weighted by atomic mass is 10.2. The summed E-state index contributed by atoms with van der Waals surface area (Å²) in [6.07, 6.45) is 5.72. The van der Waals surface area contributed by atoms with Crippen molar-refractivity contribution in [2.45, 2.75) is 25.7 Å². The number of carbonyl (C=O) groups is 1. The van der Waals surface area contributed by atoms with Crippen LogP contribution in [0.25, 0.3) is 16.7 Å². The molecule has 1 saturated carbocycles. The van der Waals surface area contributed by atoms with E-state index in [9.17, 15) is 9.59 Å². The number of aryl methyl sites for hydroxylation is 1. The van der Waals surface area contributed by atoms with Crippen LogP contribution < -0.4 is 29.8 Å². The number of pyridine rings is 3. The molecular formula is C31H26F2N6O6. The highest BCUT2D eigenvalue weighted by atomic mass is 19.1. The predicted molar refractivity (Wildman–Crippen MR) is 158 cm³/mol. The second kappa shape index (κ2) is 11.8. The zero-order valence-corrected chi connectivity index (χ0v) is 24.6. The van der Waals surface area contributed by atoms with E-state index in [-0.39, 0.29) is 34.3 Å². The normalized spacial score (nSPS) is 12.6. The number of anilines is 1. The number of amides is 1. The number of nitrogens with zero attached hydrogens (tertiary/aromatic N) is 5. The van der Waals surface area contributed by atoms with Gasteiger partial charge in [-0.15, -0.1) is 0 Å². The van der Waals surface area contributed by atoms with Crippen molar-refractivity contribution in [2.24, 2.45) is 0 Å². The molecule has 14 heteroatoms. The highest BCUT2D eigenvalue weighted by Crippen LogP contribution is 2.40. The average molecular weight is 617 g/mol. The Balaban J connectivity index is 1.30. The molecule has 5 aromatic rings. The molecule has 1 aliphatic carbocycles. The van der Waals surface area contributed by atoms with Crippen LogP contribution >= 0.6 is 0 Å². The average Bonchev–Trinajstić information content (AvgIpc) is 3.88. The van der Waals surface area contributed by atoms with Crippen LogP contribution in [-0.4, -0.2) is 51.7 Å². The Hall–Kier alpha value is -5.66. The minimum Gasteiger partial charge on any atom is -0.491 e. The van der Waals surface area contributed by atoms with Crippen molar-refractivity contribution in [3.8, 4) is 34.7 Å². The summed E-state index contributed by atoms with van der Waals surface area (Å²) < 4.78 is 53.0. The second-order valence-electron chi connectivity index (χ2n) is 10.2. The lowest BCUT2D eigenvalue weighted by Gasteiger charge is -2.16. The van der Waals surface area contributed by atoms with Gasteiger partial charge in [0, 0.05) is 54.3 Å². The first-order valence-corrected chi connectivity index (χ1v) is 13.7. The molecule has 1 fully saturated rings. The fraction of sp³-hybridized carbons (Fsp3) is 0.226. The SMILES string of the molecule is COc1cc(C)c(-n2c(C3CC3)ncc(C(=O)Nc3cc(F)c(Oc4ccnc5cc(OC)c(OC)nc45)c(F)c3)c2=O)cn1. The van der Waals surface area contributed by atoms with Gasteiger partial charge in [0.1, 0.15) is 16.9 Å². The Morgan fingerprint density at radius 1 is 0.956 bits per heavy atom. The number of methoxy groups -OCH3 is 3. The zero-order valence-electron chi connectivity index (χ0n) is 24.6. The van der Waals surface area contributed by atoms with Gasteiger partial charge in [0.2, 0.25) is 5.88 Å². The number of fused-ring (bicyclic) bond motifs is 1. The van der Waals surface area contributed by atoms with Crippen LogP contribution in [0.4, 0.5) is 14.5 Å². The number of benzene rings is 1. The highest BCUT2D eigenvalue weighted by Gasteiger charge is 2.31. The first-order valence-electron chi connectivity index (χ1n) is 13.7. The molecule has 0 bridgehead atoms. The molecule has 1 aromatic carbocycles. The maximum atomic E-state index is 15.2. The van der Waals surface area contributed by atoms with E-state index >= 15 is 8.78 Å². The van der Waals surface area contributed by atoms with Gasteiger partial charge in [0.15, 0.2) is 28.9 Å². The molecule has 1 N–H and O–H groups in total. The van der Waals surface area contributed by atoms with Crippen LogP contribution in [0.3, 0.4) is 0 Å². The van der Waals surface area contributed by atoms with Gasteiger partial charge >= 0.3 is 0 Å². The zero-order chi connectivity index (χ0) is 31.8. The molecule has 4 aromatic heterocycles. The van der Waals surface area contributed by atoms with Crippen molar-refractivity contribution in [3.63, 3.8) is 0 Å². The van der Waals surface area contributed by atoms with Gasteiger partial charge < -0.3 is 24.3 Å². The van der Waals surface area contributed by atoms with Crippen molar-refractivity contribution in [2.75, 3.05) is 26.6 Å². The van der Waals surface area contributed by atoms with Crippen LogP contribution in [0, 0.1) is 18.6 Å². The number of hydrogen-bond donors (Lipinski definition) is 1. The summed E-state index contributed by atoms with van der Waals surface area (Å²) in [7, 11) is 4.31. The molecule has 6 rings (SSSR count). The quantitative estimate of drug-likeness (QED) is 0.238. The third kappa shape index (κ3) is 5.57. The van der Waals surface area contributed by atoms with E-state index in [1.165, 1.54) is 50.6 Å². The second-order valence-corrected chi connectivity index (χ2v) is 10.2. The van der Waals surface area contributed by atoms with E-state index < -0.39 is 28.9 Å². The Morgan fingerprint density at radius 3 is 2.36 bits per heavy atom. The maximum absolute atomic E-state index is 15.2. The van der Waals surface area contributed by atoms with Gasteiger partial charge in [-0.2, -0.15) is 0 Å². The minimum absolute atomic E-state index is 0.00114. The Morgan fingerprint density at radius 2 is 1.71 bits per heavy atom. The molecule has 1 amide bonds. The van der Waals surface area contributed by atoms with Crippen molar-refractivity contribution < 1.29 is 32.5 Å². The van der Waals surface area contributed by atoms with Gasteiger partial charge in [-0.25, -0.2) is 23.7 Å². The predicted octanol–water partition coefficient (Wildman–Crippen LogP) is 5.11. The Bertz CT molecular complexity index is 2010. The molecule has 45 heavy (non-hydrogen) atoms. The van der Waals surface area contributed by atoms with Crippen molar-refractivity contribution in [1.82, 2.24) is 24.5 Å². The van der Waals surface area contributed by atoms with E-state index in [1.807, 2.05) is 0 Å². The fourth-order valence-corrected chi connectivity index (χ4v) is 4.78. The van der Waals surface area contributed by atoms with Crippen molar-refractivity contribution >= 4 is 22.6 Å². The van der Waals surface area contributed by atoms with E-state index in [4.69, 9.17) is 18.9 Å².